The fourth-order valence-electron chi connectivity index (χ4n) is 2.24. The molecule has 0 aliphatic carbocycles. The molecule has 19 heavy (non-hydrogen) atoms. The maximum absolute atomic E-state index is 14.1. The van der Waals surface area contributed by atoms with Crippen molar-refractivity contribution in [2.24, 2.45) is 5.73 Å². The van der Waals surface area contributed by atoms with E-state index in [1.807, 2.05) is 6.92 Å². The van der Waals surface area contributed by atoms with Crippen molar-refractivity contribution in [2.75, 3.05) is 17.2 Å². The van der Waals surface area contributed by atoms with Crippen LogP contribution in [0, 0.1) is 17.0 Å². The molecule has 1 saturated heterocycles. The van der Waals surface area contributed by atoms with Gasteiger partial charge in [0.1, 0.15) is 23.2 Å². The van der Waals surface area contributed by atoms with Crippen LogP contribution in [0.25, 0.3) is 0 Å². The molecule has 1 fully saturated rings. The first kappa shape index (κ1) is 14.1. The molecular formula is C13H17F2N3S. The molecule has 104 valence electrons. The summed E-state index contributed by atoms with van der Waals surface area (Å²) in [6, 6.07) is 2.31. The van der Waals surface area contributed by atoms with Crippen LogP contribution < -0.4 is 10.6 Å². The number of amidine groups is 1. The van der Waals surface area contributed by atoms with Gasteiger partial charge >= 0.3 is 0 Å². The highest BCUT2D eigenvalue weighted by atomic mass is 32.2. The number of nitrogens with one attached hydrogen (secondary N) is 1. The van der Waals surface area contributed by atoms with E-state index in [0.717, 1.165) is 17.9 Å². The average molecular weight is 285 g/mol. The zero-order chi connectivity index (χ0) is 14.2. The van der Waals surface area contributed by atoms with E-state index in [4.69, 9.17) is 11.1 Å². The third-order valence-corrected chi connectivity index (χ3v) is 4.84. The Morgan fingerprint density at radius 1 is 1.37 bits per heavy atom. The van der Waals surface area contributed by atoms with E-state index in [9.17, 15) is 8.78 Å². The van der Waals surface area contributed by atoms with E-state index in [1.165, 1.54) is 0 Å². The fraction of sp³-hybridized carbons (Fsp3) is 0.462. The molecule has 2 atom stereocenters. The van der Waals surface area contributed by atoms with Crippen LogP contribution in [0.4, 0.5) is 14.5 Å². The molecule has 1 heterocycles. The lowest BCUT2D eigenvalue weighted by Crippen LogP contribution is -2.45. The Hall–Kier alpha value is -1.30. The van der Waals surface area contributed by atoms with Gasteiger partial charge < -0.3 is 10.6 Å². The summed E-state index contributed by atoms with van der Waals surface area (Å²) in [5.74, 6) is -0.800. The van der Waals surface area contributed by atoms with Crippen LogP contribution in [0.1, 0.15) is 19.4 Å². The predicted molar refractivity (Wildman–Crippen MR) is 76.1 cm³/mol. The quantitative estimate of drug-likeness (QED) is 0.648. The highest BCUT2D eigenvalue weighted by Gasteiger charge is 2.29. The van der Waals surface area contributed by atoms with Crippen molar-refractivity contribution < 1.29 is 8.78 Å². The van der Waals surface area contributed by atoms with E-state index in [1.54, 1.807) is 16.7 Å². The third-order valence-electron chi connectivity index (χ3n) is 3.50. The second-order valence-electron chi connectivity index (χ2n) is 4.71. The first-order chi connectivity index (χ1) is 8.91. The molecule has 1 aromatic carbocycles. The minimum absolute atomic E-state index is 0.00958. The van der Waals surface area contributed by atoms with Crippen LogP contribution >= 0.6 is 11.8 Å². The van der Waals surface area contributed by atoms with Crippen molar-refractivity contribution >= 4 is 23.3 Å². The summed E-state index contributed by atoms with van der Waals surface area (Å²) in [5.41, 5.74) is 5.33. The Balaban J connectivity index is 2.42. The van der Waals surface area contributed by atoms with Crippen LogP contribution in [0.2, 0.25) is 0 Å². The van der Waals surface area contributed by atoms with Gasteiger partial charge in [-0.2, -0.15) is 11.8 Å². The monoisotopic (exact) mass is 285 g/mol. The van der Waals surface area contributed by atoms with Gasteiger partial charge in [0, 0.05) is 29.2 Å². The van der Waals surface area contributed by atoms with Gasteiger partial charge in [0.15, 0.2) is 0 Å². The summed E-state index contributed by atoms with van der Waals surface area (Å²) in [4.78, 5) is 1.76. The second-order valence-corrected chi connectivity index (χ2v) is 6.20. The Morgan fingerprint density at radius 2 is 1.95 bits per heavy atom. The van der Waals surface area contributed by atoms with Gasteiger partial charge in [-0.15, -0.1) is 0 Å². The molecule has 3 N–H and O–H groups in total. The maximum Gasteiger partial charge on any atom is 0.150 e. The van der Waals surface area contributed by atoms with E-state index in [0.29, 0.717) is 11.8 Å². The molecule has 6 heteroatoms. The van der Waals surface area contributed by atoms with E-state index in [2.05, 4.69) is 6.92 Å². The first-order valence-electron chi connectivity index (χ1n) is 6.13. The summed E-state index contributed by atoms with van der Waals surface area (Å²) in [5, 5.41) is 7.56. The number of hydrogen-bond donors (Lipinski definition) is 2. The molecule has 3 nitrogen and oxygen atoms in total. The maximum atomic E-state index is 14.1. The molecule has 0 spiro atoms. The number of nitrogens with zero attached hydrogens (tertiary/aromatic N) is 1. The van der Waals surface area contributed by atoms with E-state index >= 15 is 0 Å². The molecule has 1 aliphatic heterocycles. The van der Waals surface area contributed by atoms with Gasteiger partial charge in [-0.1, -0.05) is 6.92 Å². The zero-order valence-corrected chi connectivity index (χ0v) is 11.7. The number of hydrogen-bond acceptors (Lipinski definition) is 3. The highest BCUT2D eigenvalue weighted by Crippen LogP contribution is 2.33. The number of benzene rings is 1. The molecule has 0 radical (unpaired) electrons. The van der Waals surface area contributed by atoms with Crippen LogP contribution in [0.5, 0.6) is 0 Å². The summed E-state index contributed by atoms with van der Waals surface area (Å²) < 4.78 is 28.2. The number of anilines is 1. The van der Waals surface area contributed by atoms with Crippen LogP contribution in [0.15, 0.2) is 12.1 Å². The molecule has 0 saturated carbocycles. The normalized spacial score (nSPS) is 23.5. The summed E-state index contributed by atoms with van der Waals surface area (Å²) in [6.07, 6.45) is 0. The molecule has 0 bridgehead atoms. The lowest BCUT2D eigenvalue weighted by molar-refractivity contribution is 0.543. The number of rotatable bonds is 2. The Labute approximate surface area is 115 Å². The smallest absolute Gasteiger partial charge is 0.150 e. The standard InChI is InChI=1S/C13H17F2N3S/c1-7-8(2)19-4-3-18(7)12-10(14)5-9(13(16)17)6-11(12)15/h5-8H,3-4H2,1-2H3,(H3,16,17). The fourth-order valence-corrected chi connectivity index (χ4v) is 3.34. The van der Waals surface area contributed by atoms with Crippen molar-refractivity contribution in [2.45, 2.75) is 25.1 Å². The molecule has 1 aliphatic rings. The summed E-state index contributed by atoms with van der Waals surface area (Å²) in [6.45, 7) is 4.64. The van der Waals surface area contributed by atoms with Gasteiger partial charge in [0.2, 0.25) is 0 Å². The molecule has 0 aromatic heterocycles. The van der Waals surface area contributed by atoms with Gasteiger partial charge in [-0.05, 0) is 19.1 Å². The topological polar surface area (TPSA) is 53.1 Å². The van der Waals surface area contributed by atoms with Gasteiger partial charge in [0.25, 0.3) is 0 Å². The number of halogens is 2. The van der Waals surface area contributed by atoms with E-state index < -0.39 is 11.6 Å². The van der Waals surface area contributed by atoms with Gasteiger partial charge in [-0.25, -0.2) is 8.78 Å². The number of nitrogens with two attached hydrogens (primary N) is 1. The lowest BCUT2D eigenvalue weighted by Gasteiger charge is -2.39. The third kappa shape index (κ3) is 2.68. The first-order valence-corrected chi connectivity index (χ1v) is 7.18. The van der Waals surface area contributed by atoms with Crippen LogP contribution in [0.3, 0.4) is 0 Å². The molecule has 2 unspecified atom stereocenters. The summed E-state index contributed by atoms with van der Waals surface area (Å²) in [7, 11) is 0. The van der Waals surface area contributed by atoms with Crippen LogP contribution in [-0.4, -0.2) is 29.4 Å². The molecule has 1 aromatic rings. The number of thioether (sulfide) groups is 1. The van der Waals surface area contributed by atoms with E-state index in [-0.39, 0.29) is 23.1 Å². The van der Waals surface area contributed by atoms with Crippen molar-refractivity contribution in [3.63, 3.8) is 0 Å². The average Bonchev–Trinajstić information content (AvgIpc) is 2.33. The molecule has 2 rings (SSSR count). The van der Waals surface area contributed by atoms with Gasteiger partial charge in [-0.3, -0.25) is 5.41 Å². The second kappa shape index (κ2) is 5.36. The SMILES string of the molecule is CC1SCCN(c2c(F)cc(C(=N)N)cc2F)C1C. The van der Waals surface area contributed by atoms with Crippen molar-refractivity contribution in [1.82, 2.24) is 0 Å². The summed E-state index contributed by atoms with van der Waals surface area (Å²) >= 11 is 1.80. The van der Waals surface area contributed by atoms with Crippen molar-refractivity contribution in [3.05, 3.63) is 29.3 Å². The van der Waals surface area contributed by atoms with Crippen molar-refractivity contribution in [1.29, 1.82) is 5.41 Å². The van der Waals surface area contributed by atoms with Crippen LogP contribution in [-0.2, 0) is 0 Å². The highest BCUT2D eigenvalue weighted by molar-refractivity contribution is 8.00. The predicted octanol–water partition coefficient (Wildman–Crippen LogP) is 2.58. The Morgan fingerprint density at radius 3 is 2.47 bits per heavy atom. The molecule has 0 amide bonds. The molecular weight excluding hydrogens is 268 g/mol. The largest absolute Gasteiger partial charge is 0.384 e. The number of nitrogen functional groups attached to an aromatic ring is 1. The Kier molecular flexibility index (Phi) is 3.99. The lowest BCUT2D eigenvalue weighted by atomic mass is 10.1. The minimum atomic E-state index is -0.656. The minimum Gasteiger partial charge on any atom is -0.384 e. The van der Waals surface area contributed by atoms with Crippen molar-refractivity contribution in [3.8, 4) is 0 Å². The van der Waals surface area contributed by atoms with Gasteiger partial charge in [0.05, 0.1) is 0 Å². The Bertz CT molecular complexity index is 484. The zero-order valence-electron chi connectivity index (χ0n) is 10.9.